The predicted octanol–water partition coefficient (Wildman–Crippen LogP) is -0.466. The van der Waals surface area contributed by atoms with Crippen LogP contribution in [0.3, 0.4) is 0 Å². The van der Waals surface area contributed by atoms with Gasteiger partial charge in [0.05, 0.1) is 6.54 Å². The molecule has 8 heteroatoms. The van der Waals surface area contributed by atoms with E-state index in [0.29, 0.717) is 0 Å². The van der Waals surface area contributed by atoms with Crippen molar-refractivity contribution in [3.05, 3.63) is 4.91 Å². The van der Waals surface area contributed by atoms with Gasteiger partial charge in [-0.15, -0.1) is 0 Å². The lowest BCUT2D eigenvalue weighted by Crippen LogP contribution is -2.53. The molecule has 0 rings (SSSR count). The molecular weight excluding hydrogens is 264 g/mol. The number of nitroso groups, excluding NO2 is 1. The van der Waals surface area contributed by atoms with E-state index in [4.69, 9.17) is 0 Å². The van der Waals surface area contributed by atoms with Crippen molar-refractivity contribution < 1.29 is 14.4 Å². The Morgan fingerprint density at radius 2 is 1.60 bits per heavy atom. The molecule has 0 aliphatic heterocycles. The third-order valence-corrected chi connectivity index (χ3v) is 2.35. The highest BCUT2D eigenvalue weighted by Gasteiger charge is 2.24. The largest absolute Gasteiger partial charge is 0.352 e. The lowest BCUT2D eigenvalue weighted by atomic mass is 10.0. The maximum atomic E-state index is 11.9. The van der Waals surface area contributed by atoms with E-state index in [1.54, 1.807) is 13.8 Å². The van der Waals surface area contributed by atoms with Crippen molar-refractivity contribution >= 4 is 17.7 Å². The number of carbonyl (C=O) groups excluding carboxylic acids is 3. The molecule has 1 atom stereocenters. The highest BCUT2D eigenvalue weighted by molar-refractivity contribution is 5.90. The molecule has 0 aromatic heterocycles. The number of nitrogens with zero attached hydrogens (tertiary/aromatic N) is 1. The fourth-order valence-electron chi connectivity index (χ4n) is 1.43. The molecule has 0 aromatic rings. The van der Waals surface area contributed by atoms with E-state index in [-0.39, 0.29) is 24.4 Å². The van der Waals surface area contributed by atoms with Crippen LogP contribution in [0.15, 0.2) is 5.18 Å². The van der Waals surface area contributed by atoms with Crippen molar-refractivity contribution in [1.82, 2.24) is 16.0 Å². The molecule has 0 aliphatic rings. The Balaban J connectivity index is 4.38. The van der Waals surface area contributed by atoms with Crippen molar-refractivity contribution in [3.8, 4) is 0 Å². The molecule has 0 fully saturated rings. The van der Waals surface area contributed by atoms with Gasteiger partial charge in [0, 0.05) is 6.04 Å². The fraction of sp³-hybridized carbons (Fsp3) is 0.750. The van der Waals surface area contributed by atoms with Crippen LogP contribution >= 0.6 is 0 Å². The number of nitrogens with one attached hydrogen (secondary N) is 3. The Bertz CT molecular complexity index is 368. The summed E-state index contributed by atoms with van der Waals surface area (Å²) in [4.78, 5) is 44.4. The summed E-state index contributed by atoms with van der Waals surface area (Å²) in [5.41, 5.74) is 0. The Morgan fingerprint density at radius 1 is 1.00 bits per heavy atom. The highest BCUT2D eigenvalue weighted by atomic mass is 16.3. The lowest BCUT2D eigenvalue weighted by molar-refractivity contribution is -0.130. The monoisotopic (exact) mass is 286 g/mol. The molecule has 0 spiro atoms. The van der Waals surface area contributed by atoms with Crippen LogP contribution in [0.1, 0.15) is 27.7 Å². The second-order valence-corrected chi connectivity index (χ2v) is 5.02. The van der Waals surface area contributed by atoms with Crippen molar-refractivity contribution in [3.63, 3.8) is 0 Å². The van der Waals surface area contributed by atoms with E-state index in [9.17, 15) is 19.3 Å². The first-order chi connectivity index (χ1) is 9.27. The van der Waals surface area contributed by atoms with Crippen molar-refractivity contribution in [1.29, 1.82) is 0 Å². The van der Waals surface area contributed by atoms with E-state index in [0.717, 1.165) is 0 Å². The standard InChI is InChI=1S/C12H22N4O4/c1-7(2)11(12(19)15-8(3)4)16-10(18)5-13-9(17)6-14-20/h7-8,11H,5-6H2,1-4H3,(H,13,17)(H,15,19)(H,16,18)/t11-/m0/s1. The third-order valence-electron chi connectivity index (χ3n) is 2.35. The highest BCUT2D eigenvalue weighted by Crippen LogP contribution is 2.02. The average Bonchev–Trinajstić information content (AvgIpc) is 2.32. The summed E-state index contributed by atoms with van der Waals surface area (Å²) in [6, 6.07) is -0.704. The molecule has 3 N–H and O–H groups in total. The molecule has 0 saturated carbocycles. The zero-order chi connectivity index (χ0) is 15.7. The Labute approximate surface area is 118 Å². The molecule has 0 radical (unpaired) electrons. The molecule has 8 nitrogen and oxygen atoms in total. The summed E-state index contributed by atoms with van der Waals surface area (Å²) in [5.74, 6) is -1.50. The van der Waals surface area contributed by atoms with E-state index in [2.05, 4.69) is 21.1 Å². The van der Waals surface area contributed by atoms with Gasteiger partial charge < -0.3 is 16.0 Å². The Morgan fingerprint density at radius 3 is 2.05 bits per heavy atom. The second kappa shape index (κ2) is 9.00. The number of hydrogen-bond acceptors (Lipinski definition) is 5. The summed E-state index contributed by atoms with van der Waals surface area (Å²) in [6.07, 6.45) is 0. The zero-order valence-corrected chi connectivity index (χ0v) is 12.2. The minimum atomic E-state index is -0.675. The van der Waals surface area contributed by atoms with Crippen LogP contribution < -0.4 is 16.0 Å². The molecule has 0 aliphatic carbocycles. The van der Waals surface area contributed by atoms with Gasteiger partial charge in [0.15, 0.2) is 6.54 Å². The van der Waals surface area contributed by atoms with Crippen LogP contribution in [0.5, 0.6) is 0 Å². The van der Waals surface area contributed by atoms with Gasteiger partial charge in [0.25, 0.3) is 0 Å². The van der Waals surface area contributed by atoms with Gasteiger partial charge in [-0.3, -0.25) is 14.4 Å². The Hall–Kier alpha value is -1.99. The summed E-state index contributed by atoms with van der Waals surface area (Å²) in [5, 5.41) is 9.90. The predicted molar refractivity (Wildman–Crippen MR) is 73.7 cm³/mol. The summed E-state index contributed by atoms with van der Waals surface area (Å²) >= 11 is 0. The summed E-state index contributed by atoms with van der Waals surface area (Å²) < 4.78 is 0. The van der Waals surface area contributed by atoms with Crippen LogP contribution in [0.4, 0.5) is 0 Å². The minimum absolute atomic E-state index is 0.0287. The topological polar surface area (TPSA) is 117 Å². The molecule has 0 aromatic carbocycles. The van der Waals surface area contributed by atoms with Crippen molar-refractivity contribution in [2.45, 2.75) is 39.8 Å². The van der Waals surface area contributed by atoms with Gasteiger partial charge >= 0.3 is 0 Å². The normalized spacial score (nSPS) is 11.9. The minimum Gasteiger partial charge on any atom is -0.352 e. The van der Waals surface area contributed by atoms with Crippen LogP contribution in [0.2, 0.25) is 0 Å². The van der Waals surface area contributed by atoms with Gasteiger partial charge in [-0.05, 0) is 19.8 Å². The smallest absolute Gasteiger partial charge is 0.245 e. The van der Waals surface area contributed by atoms with E-state index < -0.39 is 24.4 Å². The number of rotatable bonds is 8. The molecule has 20 heavy (non-hydrogen) atoms. The molecule has 0 bridgehead atoms. The first-order valence-corrected chi connectivity index (χ1v) is 6.43. The fourth-order valence-corrected chi connectivity index (χ4v) is 1.43. The van der Waals surface area contributed by atoms with Gasteiger partial charge in [-0.1, -0.05) is 19.0 Å². The molecule has 0 saturated heterocycles. The zero-order valence-electron chi connectivity index (χ0n) is 12.2. The van der Waals surface area contributed by atoms with Gasteiger partial charge in [0.2, 0.25) is 17.7 Å². The molecule has 3 amide bonds. The van der Waals surface area contributed by atoms with Crippen LogP contribution in [-0.2, 0) is 14.4 Å². The first kappa shape index (κ1) is 18.0. The molecule has 114 valence electrons. The summed E-state index contributed by atoms with van der Waals surface area (Å²) in [7, 11) is 0. The van der Waals surface area contributed by atoms with Gasteiger partial charge in [0.1, 0.15) is 6.04 Å². The first-order valence-electron chi connectivity index (χ1n) is 6.43. The summed E-state index contributed by atoms with van der Waals surface area (Å²) in [6.45, 7) is 6.42. The number of amides is 3. The number of carbonyl (C=O) groups is 3. The lowest BCUT2D eigenvalue weighted by Gasteiger charge is -2.23. The SMILES string of the molecule is CC(C)NC(=O)[C@@H](NC(=O)CNC(=O)CN=O)C(C)C. The van der Waals surface area contributed by atoms with Crippen LogP contribution in [0, 0.1) is 10.8 Å². The van der Waals surface area contributed by atoms with Gasteiger partial charge in [-0.2, -0.15) is 4.91 Å². The molecule has 0 unspecified atom stereocenters. The van der Waals surface area contributed by atoms with Crippen LogP contribution in [0.25, 0.3) is 0 Å². The van der Waals surface area contributed by atoms with E-state index in [1.807, 2.05) is 13.8 Å². The van der Waals surface area contributed by atoms with Crippen molar-refractivity contribution in [2.75, 3.05) is 13.1 Å². The second-order valence-electron chi connectivity index (χ2n) is 5.02. The maximum absolute atomic E-state index is 11.9. The number of hydrogen-bond donors (Lipinski definition) is 3. The van der Waals surface area contributed by atoms with E-state index >= 15 is 0 Å². The van der Waals surface area contributed by atoms with Crippen molar-refractivity contribution in [2.24, 2.45) is 11.1 Å². The maximum Gasteiger partial charge on any atom is 0.245 e. The molecule has 0 heterocycles. The van der Waals surface area contributed by atoms with E-state index in [1.165, 1.54) is 0 Å². The van der Waals surface area contributed by atoms with Crippen LogP contribution in [-0.4, -0.2) is 42.9 Å². The molecular formula is C12H22N4O4. The Kier molecular flexibility index (Phi) is 8.10. The third kappa shape index (κ3) is 7.45. The average molecular weight is 286 g/mol. The van der Waals surface area contributed by atoms with Gasteiger partial charge in [-0.25, -0.2) is 0 Å². The quantitative estimate of drug-likeness (QED) is 0.523.